The Bertz CT molecular complexity index is 375. The number of hydrogen-bond donors (Lipinski definition) is 1. The van der Waals surface area contributed by atoms with Crippen molar-refractivity contribution >= 4 is 11.3 Å². The average molecular weight is 270 g/mol. The van der Waals surface area contributed by atoms with Gasteiger partial charge in [-0.05, 0) is 13.5 Å². The van der Waals surface area contributed by atoms with Crippen LogP contribution in [-0.4, -0.2) is 47.4 Å². The molecule has 0 atom stereocenters. The van der Waals surface area contributed by atoms with Crippen LogP contribution in [0.2, 0.25) is 0 Å². The lowest BCUT2D eigenvalue weighted by Crippen LogP contribution is -2.45. The summed E-state index contributed by atoms with van der Waals surface area (Å²) in [6.07, 6.45) is 2.46. The van der Waals surface area contributed by atoms with Crippen LogP contribution in [0.4, 0.5) is 0 Å². The first-order valence-electron chi connectivity index (χ1n) is 6.53. The van der Waals surface area contributed by atoms with Gasteiger partial charge in [0.2, 0.25) is 0 Å². The smallest absolute Gasteiger partial charge is 0.0926 e. The number of likely N-dealkylation sites (N-methyl/N-ethyl adjacent to an activating group) is 1. The van der Waals surface area contributed by atoms with Crippen molar-refractivity contribution in [3.05, 3.63) is 16.1 Å². The predicted octanol–water partition coefficient (Wildman–Crippen LogP) is 1.68. The molecule has 2 heterocycles. The number of thiazole rings is 1. The standard InChI is InChI=1S/C13H22N2O2S/c1-3-12-14-11(9-18-12)8-15(2)10-13(16)4-6-17-7-5-13/h9,16H,3-8,10H2,1-2H3. The largest absolute Gasteiger partial charge is 0.388 e. The predicted molar refractivity (Wildman–Crippen MR) is 72.8 cm³/mol. The molecule has 0 amide bonds. The molecule has 1 N–H and O–H groups in total. The van der Waals surface area contributed by atoms with Gasteiger partial charge in [0.25, 0.3) is 0 Å². The van der Waals surface area contributed by atoms with E-state index in [4.69, 9.17) is 4.74 Å². The van der Waals surface area contributed by atoms with Crippen LogP contribution in [-0.2, 0) is 17.7 Å². The minimum atomic E-state index is -0.587. The van der Waals surface area contributed by atoms with Gasteiger partial charge in [0, 0.05) is 44.5 Å². The Labute approximate surface area is 113 Å². The number of aromatic nitrogens is 1. The van der Waals surface area contributed by atoms with Gasteiger partial charge in [0.05, 0.1) is 16.3 Å². The maximum Gasteiger partial charge on any atom is 0.0926 e. The molecule has 1 aromatic heterocycles. The molecule has 2 rings (SSSR count). The Morgan fingerprint density at radius 3 is 2.83 bits per heavy atom. The summed E-state index contributed by atoms with van der Waals surface area (Å²) in [7, 11) is 2.04. The van der Waals surface area contributed by atoms with Gasteiger partial charge < -0.3 is 9.84 Å². The summed E-state index contributed by atoms with van der Waals surface area (Å²) in [5.41, 5.74) is 0.520. The number of ether oxygens (including phenoxy) is 1. The molecule has 0 radical (unpaired) electrons. The molecule has 0 aliphatic carbocycles. The van der Waals surface area contributed by atoms with Gasteiger partial charge in [-0.25, -0.2) is 4.98 Å². The summed E-state index contributed by atoms with van der Waals surface area (Å²) in [4.78, 5) is 6.71. The third-order valence-electron chi connectivity index (χ3n) is 3.32. The van der Waals surface area contributed by atoms with Crippen LogP contribution in [0.5, 0.6) is 0 Å². The first-order valence-corrected chi connectivity index (χ1v) is 7.41. The lowest BCUT2D eigenvalue weighted by atomic mass is 9.94. The minimum absolute atomic E-state index is 0.587. The van der Waals surface area contributed by atoms with E-state index in [-0.39, 0.29) is 0 Å². The molecule has 1 aliphatic rings. The van der Waals surface area contributed by atoms with Gasteiger partial charge in [0.15, 0.2) is 0 Å². The highest BCUT2D eigenvalue weighted by Gasteiger charge is 2.31. The Kier molecular flexibility index (Phi) is 4.72. The van der Waals surface area contributed by atoms with E-state index in [0.717, 1.165) is 31.5 Å². The summed E-state index contributed by atoms with van der Waals surface area (Å²) in [5, 5.41) is 13.7. The van der Waals surface area contributed by atoms with Gasteiger partial charge in [-0.15, -0.1) is 11.3 Å². The molecule has 0 spiro atoms. The molecule has 0 unspecified atom stereocenters. The molecule has 0 bridgehead atoms. The van der Waals surface area contributed by atoms with Crippen molar-refractivity contribution < 1.29 is 9.84 Å². The highest BCUT2D eigenvalue weighted by molar-refractivity contribution is 7.09. The van der Waals surface area contributed by atoms with E-state index >= 15 is 0 Å². The molecule has 5 heteroatoms. The monoisotopic (exact) mass is 270 g/mol. The maximum absolute atomic E-state index is 10.4. The van der Waals surface area contributed by atoms with Gasteiger partial charge >= 0.3 is 0 Å². The molecule has 1 saturated heterocycles. The van der Waals surface area contributed by atoms with Gasteiger partial charge in [-0.3, -0.25) is 4.90 Å². The minimum Gasteiger partial charge on any atom is -0.388 e. The van der Waals surface area contributed by atoms with E-state index in [1.807, 2.05) is 7.05 Å². The quantitative estimate of drug-likeness (QED) is 0.884. The first-order chi connectivity index (χ1) is 8.61. The second kappa shape index (κ2) is 6.10. The van der Waals surface area contributed by atoms with E-state index in [2.05, 4.69) is 22.2 Å². The zero-order chi connectivity index (χ0) is 13.0. The van der Waals surface area contributed by atoms with E-state index in [1.54, 1.807) is 11.3 Å². The normalized spacial score (nSPS) is 19.3. The molecule has 0 aromatic carbocycles. The number of aryl methyl sites for hydroxylation is 1. The Morgan fingerprint density at radius 1 is 1.50 bits per heavy atom. The van der Waals surface area contributed by atoms with E-state index in [0.29, 0.717) is 19.8 Å². The van der Waals surface area contributed by atoms with Crippen molar-refractivity contribution in [3.63, 3.8) is 0 Å². The molecule has 1 aliphatic heterocycles. The Morgan fingerprint density at radius 2 is 2.22 bits per heavy atom. The number of hydrogen-bond acceptors (Lipinski definition) is 5. The van der Waals surface area contributed by atoms with Gasteiger partial charge in [0.1, 0.15) is 0 Å². The molecule has 102 valence electrons. The molecule has 1 aromatic rings. The highest BCUT2D eigenvalue weighted by atomic mass is 32.1. The maximum atomic E-state index is 10.4. The van der Waals surface area contributed by atoms with Crippen molar-refractivity contribution in [3.8, 4) is 0 Å². The fourth-order valence-electron chi connectivity index (χ4n) is 2.33. The Hall–Kier alpha value is -0.490. The lowest BCUT2D eigenvalue weighted by molar-refractivity contribution is -0.0778. The second-order valence-electron chi connectivity index (χ2n) is 5.10. The van der Waals surface area contributed by atoms with Crippen LogP contribution in [0.25, 0.3) is 0 Å². The van der Waals surface area contributed by atoms with Crippen LogP contribution < -0.4 is 0 Å². The van der Waals surface area contributed by atoms with E-state index < -0.39 is 5.60 Å². The van der Waals surface area contributed by atoms with Crippen molar-refractivity contribution in [2.24, 2.45) is 0 Å². The molecule has 18 heavy (non-hydrogen) atoms. The summed E-state index contributed by atoms with van der Waals surface area (Å²) in [6, 6.07) is 0. The molecule has 1 fully saturated rings. The topological polar surface area (TPSA) is 45.6 Å². The van der Waals surface area contributed by atoms with Gasteiger partial charge in [-0.2, -0.15) is 0 Å². The second-order valence-corrected chi connectivity index (χ2v) is 6.04. The van der Waals surface area contributed by atoms with Crippen molar-refractivity contribution in [1.82, 2.24) is 9.88 Å². The summed E-state index contributed by atoms with van der Waals surface area (Å²) in [5.74, 6) is 0. The summed E-state index contributed by atoms with van der Waals surface area (Å²) in [6.45, 7) is 4.95. The van der Waals surface area contributed by atoms with Crippen LogP contribution >= 0.6 is 11.3 Å². The third kappa shape index (κ3) is 3.75. The Balaban J connectivity index is 1.85. The zero-order valence-electron chi connectivity index (χ0n) is 11.2. The fraction of sp³-hybridized carbons (Fsp3) is 0.769. The van der Waals surface area contributed by atoms with Crippen molar-refractivity contribution in [2.75, 3.05) is 26.8 Å². The van der Waals surface area contributed by atoms with Crippen LogP contribution in [0.1, 0.15) is 30.5 Å². The molecule has 4 nitrogen and oxygen atoms in total. The molecule has 0 saturated carbocycles. The highest BCUT2D eigenvalue weighted by Crippen LogP contribution is 2.22. The van der Waals surface area contributed by atoms with E-state index in [9.17, 15) is 5.11 Å². The van der Waals surface area contributed by atoms with Crippen LogP contribution in [0.15, 0.2) is 5.38 Å². The number of aliphatic hydroxyl groups is 1. The van der Waals surface area contributed by atoms with Crippen LogP contribution in [0.3, 0.4) is 0 Å². The van der Waals surface area contributed by atoms with Crippen LogP contribution in [0, 0.1) is 0 Å². The fourth-order valence-corrected chi connectivity index (χ4v) is 3.06. The SMILES string of the molecule is CCc1nc(CN(C)CC2(O)CCOCC2)cs1. The molecular weight excluding hydrogens is 248 g/mol. The van der Waals surface area contributed by atoms with Gasteiger partial charge in [-0.1, -0.05) is 6.92 Å². The van der Waals surface area contributed by atoms with E-state index in [1.165, 1.54) is 5.01 Å². The first kappa shape index (κ1) is 13.9. The summed E-state index contributed by atoms with van der Waals surface area (Å²) >= 11 is 1.72. The van der Waals surface area contributed by atoms with Crippen molar-refractivity contribution in [2.45, 2.75) is 38.3 Å². The number of rotatable bonds is 5. The molecular formula is C13H22N2O2S. The zero-order valence-corrected chi connectivity index (χ0v) is 12.0. The summed E-state index contributed by atoms with van der Waals surface area (Å²) < 4.78 is 5.29. The van der Waals surface area contributed by atoms with Crippen molar-refractivity contribution in [1.29, 1.82) is 0 Å². The third-order valence-corrected chi connectivity index (χ3v) is 4.36. The number of nitrogens with zero attached hydrogens (tertiary/aromatic N) is 2. The lowest BCUT2D eigenvalue weighted by Gasteiger charge is -2.35. The average Bonchev–Trinajstić information content (AvgIpc) is 2.76.